The van der Waals surface area contributed by atoms with E-state index < -0.39 is 9.84 Å². The van der Waals surface area contributed by atoms with Crippen LogP contribution in [0.1, 0.15) is 24.5 Å². The minimum Gasteiger partial charge on any atom is -0.493 e. The molecule has 0 heterocycles. The van der Waals surface area contributed by atoms with E-state index in [9.17, 15) is 8.42 Å². The molecule has 0 fully saturated rings. The zero-order valence-electron chi connectivity index (χ0n) is 11.8. The molecule has 0 spiro atoms. The summed E-state index contributed by atoms with van der Waals surface area (Å²) in [5, 5.41) is 8.63. The van der Waals surface area contributed by atoms with Crippen molar-refractivity contribution in [3.8, 4) is 17.6 Å². The first-order valence-electron chi connectivity index (χ1n) is 6.52. The number of aliphatic hydroxyl groups is 1. The van der Waals surface area contributed by atoms with Gasteiger partial charge in [0, 0.05) is 11.3 Å². The quantitative estimate of drug-likeness (QED) is 0.639. The summed E-state index contributed by atoms with van der Waals surface area (Å²) in [6.45, 7) is 3.76. The van der Waals surface area contributed by atoms with Gasteiger partial charge < -0.3 is 9.84 Å². The summed E-state index contributed by atoms with van der Waals surface area (Å²) in [7, 11) is -2.92. The molecule has 0 atom stereocenters. The Bertz CT molecular complexity index is 594. The van der Waals surface area contributed by atoms with Gasteiger partial charge >= 0.3 is 0 Å². The van der Waals surface area contributed by atoms with Gasteiger partial charge in [-0.3, -0.25) is 0 Å². The predicted molar refractivity (Wildman–Crippen MR) is 79.6 cm³/mol. The fraction of sp³-hybridized carbons (Fsp3) is 0.467. The average molecular weight is 296 g/mol. The molecule has 110 valence electrons. The zero-order valence-corrected chi connectivity index (χ0v) is 12.7. The van der Waals surface area contributed by atoms with Gasteiger partial charge in [-0.2, -0.15) is 0 Å². The number of aryl methyl sites for hydroxylation is 1. The summed E-state index contributed by atoms with van der Waals surface area (Å²) in [5.41, 5.74) is 1.76. The van der Waals surface area contributed by atoms with Gasteiger partial charge in [-0.25, -0.2) is 8.42 Å². The van der Waals surface area contributed by atoms with Gasteiger partial charge in [0.05, 0.1) is 12.4 Å². The molecule has 0 saturated heterocycles. The Balaban J connectivity index is 2.53. The number of ether oxygens (including phenoxy) is 1. The highest BCUT2D eigenvalue weighted by molar-refractivity contribution is 7.91. The fourth-order valence-electron chi connectivity index (χ4n) is 1.64. The first-order chi connectivity index (χ1) is 9.48. The lowest BCUT2D eigenvalue weighted by Crippen LogP contribution is -2.12. The second-order valence-electron chi connectivity index (χ2n) is 4.38. The van der Waals surface area contributed by atoms with Crippen molar-refractivity contribution in [1.29, 1.82) is 0 Å². The lowest BCUT2D eigenvalue weighted by molar-refractivity contribution is 0.315. The van der Waals surface area contributed by atoms with Crippen molar-refractivity contribution in [1.82, 2.24) is 0 Å². The van der Waals surface area contributed by atoms with Crippen molar-refractivity contribution in [3.63, 3.8) is 0 Å². The summed E-state index contributed by atoms with van der Waals surface area (Å²) in [6.07, 6.45) is 0.488. The van der Waals surface area contributed by atoms with Gasteiger partial charge in [0.2, 0.25) is 0 Å². The maximum Gasteiger partial charge on any atom is 0.150 e. The normalized spacial score (nSPS) is 10.8. The minimum atomic E-state index is -2.92. The summed E-state index contributed by atoms with van der Waals surface area (Å²) in [5.74, 6) is 6.46. The van der Waals surface area contributed by atoms with Crippen LogP contribution in [-0.2, 0) is 9.84 Å². The molecule has 5 heteroatoms. The van der Waals surface area contributed by atoms with Gasteiger partial charge in [0.25, 0.3) is 0 Å². The summed E-state index contributed by atoms with van der Waals surface area (Å²) in [4.78, 5) is 0. The average Bonchev–Trinajstić information content (AvgIpc) is 2.43. The molecular formula is C15H20O4S. The van der Waals surface area contributed by atoms with Crippen LogP contribution in [0, 0.1) is 18.8 Å². The van der Waals surface area contributed by atoms with Gasteiger partial charge in [0.15, 0.2) is 0 Å². The van der Waals surface area contributed by atoms with E-state index in [2.05, 4.69) is 11.8 Å². The molecule has 0 saturated carbocycles. The molecule has 1 aromatic carbocycles. The lowest BCUT2D eigenvalue weighted by Gasteiger charge is -2.09. The SMILES string of the molecule is CCS(=O)(=O)CCCOc1ccc(C#CCO)cc1C. The van der Waals surface area contributed by atoms with Crippen LogP contribution >= 0.6 is 0 Å². The molecule has 1 aromatic rings. The second kappa shape index (κ2) is 7.93. The van der Waals surface area contributed by atoms with E-state index in [1.165, 1.54) is 0 Å². The highest BCUT2D eigenvalue weighted by Gasteiger charge is 2.07. The highest BCUT2D eigenvalue weighted by atomic mass is 32.2. The van der Waals surface area contributed by atoms with Gasteiger partial charge in [-0.05, 0) is 37.1 Å². The maximum absolute atomic E-state index is 11.3. The third-order valence-corrected chi connectivity index (χ3v) is 4.57. The number of sulfone groups is 1. The second-order valence-corrected chi connectivity index (χ2v) is 6.85. The Morgan fingerprint density at radius 1 is 1.35 bits per heavy atom. The molecule has 0 amide bonds. The standard InChI is InChI=1S/C15H20O4S/c1-3-20(17,18)11-5-10-19-15-8-7-14(6-4-9-16)12-13(15)2/h7-8,12,16H,3,5,9-11H2,1-2H3. The Kier molecular flexibility index (Phi) is 6.56. The number of hydrogen-bond donors (Lipinski definition) is 1. The molecule has 4 nitrogen and oxygen atoms in total. The van der Waals surface area contributed by atoms with Crippen molar-refractivity contribution in [2.45, 2.75) is 20.3 Å². The summed E-state index contributed by atoms with van der Waals surface area (Å²) >= 11 is 0. The third-order valence-electron chi connectivity index (χ3n) is 2.78. The molecule has 0 radical (unpaired) electrons. The molecule has 0 aromatic heterocycles. The molecule has 0 aliphatic heterocycles. The van der Waals surface area contributed by atoms with Crippen LogP contribution < -0.4 is 4.74 Å². The Labute approximate surface area is 120 Å². The predicted octanol–water partition coefficient (Wildman–Crippen LogP) is 1.54. The van der Waals surface area contributed by atoms with E-state index in [0.29, 0.717) is 13.0 Å². The fourth-order valence-corrected chi connectivity index (χ4v) is 2.48. The van der Waals surface area contributed by atoms with Crippen LogP contribution in [0.25, 0.3) is 0 Å². The van der Waals surface area contributed by atoms with Crippen molar-refractivity contribution >= 4 is 9.84 Å². The minimum absolute atomic E-state index is 0.155. The van der Waals surface area contributed by atoms with Crippen molar-refractivity contribution in [2.75, 3.05) is 24.7 Å². The van der Waals surface area contributed by atoms with Crippen LogP contribution in [0.2, 0.25) is 0 Å². The van der Waals surface area contributed by atoms with Crippen molar-refractivity contribution in [2.24, 2.45) is 0 Å². The molecule has 1 rings (SSSR count). The number of rotatable bonds is 6. The van der Waals surface area contributed by atoms with E-state index in [0.717, 1.165) is 16.9 Å². The molecule has 0 unspecified atom stereocenters. The number of aliphatic hydroxyl groups excluding tert-OH is 1. The van der Waals surface area contributed by atoms with Crippen LogP contribution in [0.3, 0.4) is 0 Å². The Hall–Kier alpha value is -1.51. The van der Waals surface area contributed by atoms with Gasteiger partial charge in [-0.1, -0.05) is 18.8 Å². The number of benzene rings is 1. The first kappa shape index (κ1) is 16.5. The molecule has 0 aliphatic carbocycles. The largest absolute Gasteiger partial charge is 0.493 e. The van der Waals surface area contributed by atoms with Crippen LogP contribution in [0.15, 0.2) is 18.2 Å². The molecule has 0 aliphatic rings. The summed E-state index contributed by atoms with van der Waals surface area (Å²) in [6, 6.07) is 5.50. The molecule has 20 heavy (non-hydrogen) atoms. The summed E-state index contributed by atoms with van der Waals surface area (Å²) < 4.78 is 28.2. The van der Waals surface area contributed by atoms with E-state index in [4.69, 9.17) is 9.84 Å². The van der Waals surface area contributed by atoms with Crippen LogP contribution in [-0.4, -0.2) is 38.2 Å². The monoisotopic (exact) mass is 296 g/mol. The Morgan fingerprint density at radius 2 is 2.10 bits per heavy atom. The Morgan fingerprint density at radius 3 is 2.70 bits per heavy atom. The number of hydrogen-bond acceptors (Lipinski definition) is 4. The van der Waals surface area contributed by atoms with Crippen LogP contribution in [0.5, 0.6) is 5.75 Å². The van der Waals surface area contributed by atoms with Gasteiger partial charge in [-0.15, -0.1) is 0 Å². The first-order valence-corrected chi connectivity index (χ1v) is 8.34. The van der Waals surface area contributed by atoms with E-state index in [1.54, 1.807) is 6.92 Å². The maximum atomic E-state index is 11.3. The van der Waals surface area contributed by atoms with E-state index in [-0.39, 0.29) is 18.1 Å². The molecule has 1 N–H and O–H groups in total. The van der Waals surface area contributed by atoms with Crippen LogP contribution in [0.4, 0.5) is 0 Å². The smallest absolute Gasteiger partial charge is 0.150 e. The highest BCUT2D eigenvalue weighted by Crippen LogP contribution is 2.19. The zero-order chi connectivity index (χ0) is 15.0. The van der Waals surface area contributed by atoms with Crippen molar-refractivity contribution in [3.05, 3.63) is 29.3 Å². The van der Waals surface area contributed by atoms with E-state index in [1.807, 2.05) is 25.1 Å². The molecular weight excluding hydrogens is 276 g/mol. The van der Waals surface area contributed by atoms with Gasteiger partial charge in [0.1, 0.15) is 22.2 Å². The lowest BCUT2D eigenvalue weighted by atomic mass is 10.1. The van der Waals surface area contributed by atoms with E-state index >= 15 is 0 Å². The third kappa shape index (κ3) is 5.64. The van der Waals surface area contributed by atoms with Crippen molar-refractivity contribution < 1.29 is 18.3 Å². The topological polar surface area (TPSA) is 63.6 Å². The molecule has 0 bridgehead atoms.